The zero-order valence-electron chi connectivity index (χ0n) is 17.6. The van der Waals surface area contributed by atoms with Gasteiger partial charge in [0.1, 0.15) is 17.4 Å². The molecule has 0 radical (unpaired) electrons. The van der Waals surface area contributed by atoms with Crippen molar-refractivity contribution in [1.82, 2.24) is 0 Å². The number of carboxylic acid groups (broad SMARTS) is 1. The molecule has 0 spiro atoms. The van der Waals surface area contributed by atoms with E-state index in [1.807, 2.05) is 6.92 Å². The van der Waals surface area contributed by atoms with Crippen molar-refractivity contribution in [2.45, 2.75) is 40.0 Å². The Morgan fingerprint density at radius 2 is 1.34 bits per heavy atom. The fourth-order valence-electron chi connectivity index (χ4n) is 1.74. The second-order valence-corrected chi connectivity index (χ2v) is 6.74. The largest absolute Gasteiger partial charge is 0.481 e. The van der Waals surface area contributed by atoms with Crippen molar-refractivity contribution in [2.75, 3.05) is 46.2 Å². The number of carboxylic acids is 1. The zero-order chi connectivity index (χ0) is 22.9. The van der Waals surface area contributed by atoms with Gasteiger partial charge in [-0.1, -0.05) is 26.0 Å². The molecule has 0 unspecified atom stereocenters. The highest BCUT2D eigenvalue weighted by molar-refractivity contribution is 5.77. The molecule has 0 saturated carbocycles. The summed E-state index contributed by atoms with van der Waals surface area (Å²) in [5, 5.41) is 44.0. The number of ether oxygens (including phenoxy) is 1. The van der Waals surface area contributed by atoms with Gasteiger partial charge in [0.05, 0.1) is 39.6 Å². The third kappa shape index (κ3) is 10.7. The highest BCUT2D eigenvalue weighted by Crippen LogP contribution is 2.22. The van der Waals surface area contributed by atoms with E-state index < -0.39 is 49.2 Å². The van der Waals surface area contributed by atoms with Gasteiger partial charge >= 0.3 is 11.9 Å². The Labute approximate surface area is 171 Å². The third-order valence-electron chi connectivity index (χ3n) is 4.44. The molecule has 29 heavy (non-hydrogen) atoms. The Morgan fingerprint density at radius 3 is 1.66 bits per heavy atom. The molecule has 0 heterocycles. The molecule has 0 aromatic carbocycles. The lowest BCUT2D eigenvalue weighted by atomic mass is 9.87. The monoisotopic (exact) mass is 424 g/mol. The number of hydrogen-bond acceptors (Lipinski definition) is 9. The van der Waals surface area contributed by atoms with Crippen LogP contribution in [0.15, 0.2) is 12.2 Å². The highest BCUT2D eigenvalue weighted by Gasteiger charge is 2.37. The molecule has 0 rings (SSSR count). The second kappa shape index (κ2) is 16.3. The predicted octanol–water partition coefficient (Wildman–Crippen LogP) is 0.277. The van der Waals surface area contributed by atoms with Gasteiger partial charge in [-0.2, -0.15) is 0 Å². The average Bonchev–Trinajstić information content (AvgIpc) is 2.71. The van der Waals surface area contributed by atoms with Crippen molar-refractivity contribution in [3.05, 3.63) is 12.2 Å². The Balaban J connectivity index is 0. The molecule has 10 nitrogen and oxygen atoms in total. The Bertz CT molecular complexity index is 453. The summed E-state index contributed by atoms with van der Waals surface area (Å²) in [4.78, 5) is 31.8. The summed E-state index contributed by atoms with van der Waals surface area (Å²) < 4.78 is 5.00. The normalized spacial score (nSPS) is 11.4. The van der Waals surface area contributed by atoms with Crippen LogP contribution in [0.2, 0.25) is 0 Å². The summed E-state index contributed by atoms with van der Waals surface area (Å²) in [7, 11) is 0. The van der Waals surface area contributed by atoms with E-state index in [0.717, 1.165) is 5.57 Å². The fourth-order valence-corrected chi connectivity index (χ4v) is 1.74. The lowest BCUT2D eigenvalue weighted by Crippen LogP contribution is -2.39. The molecule has 0 aliphatic rings. The molecule has 10 heteroatoms. The molecule has 0 aliphatic heterocycles. The van der Waals surface area contributed by atoms with E-state index in [1.54, 1.807) is 13.8 Å². The molecule has 0 aliphatic carbocycles. The molecular weight excluding hydrogens is 388 g/mol. The lowest BCUT2D eigenvalue weighted by molar-refractivity contribution is -0.289. The first kappa shape index (κ1) is 29.6. The minimum atomic E-state index is -1.35. The number of aliphatic hydroxyl groups excluding tert-OH is 4. The predicted molar refractivity (Wildman–Crippen MR) is 104 cm³/mol. The summed E-state index contributed by atoms with van der Waals surface area (Å²) in [5.41, 5.74) is -1.71. The van der Waals surface area contributed by atoms with Gasteiger partial charge in [0.2, 0.25) is 0 Å². The van der Waals surface area contributed by atoms with E-state index in [4.69, 9.17) is 40.0 Å². The third-order valence-corrected chi connectivity index (χ3v) is 4.44. The van der Waals surface area contributed by atoms with Gasteiger partial charge in [-0.15, -0.1) is 0 Å². The van der Waals surface area contributed by atoms with Crippen LogP contribution < -0.4 is 0 Å². The van der Waals surface area contributed by atoms with Gasteiger partial charge in [0.25, 0.3) is 0 Å². The van der Waals surface area contributed by atoms with Gasteiger partial charge in [-0.3, -0.25) is 9.59 Å². The molecule has 0 fully saturated rings. The van der Waals surface area contributed by atoms with E-state index in [-0.39, 0.29) is 19.6 Å². The summed E-state index contributed by atoms with van der Waals surface area (Å²) >= 11 is 0. The molecule has 0 aromatic rings. The van der Waals surface area contributed by atoms with Crippen molar-refractivity contribution in [2.24, 2.45) is 10.8 Å². The van der Waals surface area contributed by atoms with Crippen molar-refractivity contribution in [1.29, 1.82) is 0 Å². The molecule has 0 amide bonds. The maximum atomic E-state index is 11.7. The molecule has 0 bridgehead atoms. The number of aliphatic hydroxyl groups is 4. The molecule has 0 aromatic heterocycles. The first-order chi connectivity index (χ1) is 13.6. The van der Waals surface area contributed by atoms with Crippen LogP contribution >= 0.6 is 0 Å². The minimum Gasteiger partial charge on any atom is -0.481 e. The van der Waals surface area contributed by atoms with Gasteiger partial charge in [-0.25, -0.2) is 9.78 Å². The Hall–Kier alpha value is -1.56. The summed E-state index contributed by atoms with van der Waals surface area (Å²) in [5.74, 6) is -1.75. The first-order valence-corrected chi connectivity index (χ1v) is 9.38. The van der Waals surface area contributed by atoms with E-state index in [1.165, 1.54) is 0 Å². The average molecular weight is 424 g/mol. The summed E-state index contributed by atoms with van der Waals surface area (Å²) in [6.45, 7) is 7.65. The standard InChI is InChI=1S/C13H24O6.C6H12O4/c1-4-13(9-14,10-15)12(16)17-6-5-7-18-19-8-11(2)3;1-2-6(3-7,4-8)5(9)10/h14-15H,2,4-10H2,1,3H3;7-8H,2-4H2,1H3,(H,9,10). The van der Waals surface area contributed by atoms with E-state index in [9.17, 15) is 9.59 Å². The second-order valence-electron chi connectivity index (χ2n) is 6.74. The Morgan fingerprint density at radius 1 is 0.862 bits per heavy atom. The van der Waals surface area contributed by atoms with Crippen molar-refractivity contribution in [3.8, 4) is 0 Å². The number of esters is 1. The van der Waals surface area contributed by atoms with Crippen LogP contribution in [0.1, 0.15) is 40.0 Å². The maximum absolute atomic E-state index is 11.7. The lowest BCUT2D eigenvalue weighted by Gasteiger charge is -2.25. The van der Waals surface area contributed by atoms with E-state index in [2.05, 4.69) is 6.58 Å². The maximum Gasteiger partial charge on any atom is 0.316 e. The molecule has 5 N–H and O–H groups in total. The molecule has 172 valence electrons. The van der Waals surface area contributed by atoms with Crippen LogP contribution in [0, 0.1) is 10.8 Å². The minimum absolute atomic E-state index is 0.150. The molecule has 0 atom stereocenters. The van der Waals surface area contributed by atoms with Gasteiger partial charge in [-0.05, 0) is 19.8 Å². The van der Waals surface area contributed by atoms with Gasteiger partial charge in [0, 0.05) is 6.42 Å². The van der Waals surface area contributed by atoms with Crippen LogP contribution in [-0.2, 0) is 24.1 Å². The van der Waals surface area contributed by atoms with Gasteiger partial charge < -0.3 is 30.3 Å². The Kier molecular flexibility index (Phi) is 16.6. The van der Waals surface area contributed by atoms with E-state index >= 15 is 0 Å². The van der Waals surface area contributed by atoms with Crippen LogP contribution in [0.5, 0.6) is 0 Å². The fraction of sp³-hybridized carbons (Fsp3) is 0.789. The first-order valence-electron chi connectivity index (χ1n) is 9.38. The van der Waals surface area contributed by atoms with Crippen LogP contribution in [0.25, 0.3) is 0 Å². The van der Waals surface area contributed by atoms with Crippen LogP contribution in [0.4, 0.5) is 0 Å². The van der Waals surface area contributed by atoms with Crippen molar-refractivity contribution in [3.63, 3.8) is 0 Å². The SMILES string of the molecule is C=C(C)COOCCCOC(=O)C(CC)(CO)CO.CCC(CO)(CO)C(=O)O. The highest BCUT2D eigenvalue weighted by atomic mass is 17.2. The van der Waals surface area contributed by atoms with Crippen molar-refractivity contribution >= 4 is 11.9 Å². The van der Waals surface area contributed by atoms with Crippen LogP contribution in [0.3, 0.4) is 0 Å². The van der Waals surface area contributed by atoms with Crippen molar-refractivity contribution < 1.29 is 49.6 Å². The zero-order valence-corrected chi connectivity index (χ0v) is 17.6. The smallest absolute Gasteiger partial charge is 0.316 e. The quantitative estimate of drug-likeness (QED) is 0.0811. The molecule has 0 saturated heterocycles. The van der Waals surface area contributed by atoms with Gasteiger partial charge in [0.15, 0.2) is 0 Å². The summed E-state index contributed by atoms with van der Waals surface area (Å²) in [6.07, 6.45) is 1.02. The molecular formula is C19H36O10. The topological polar surface area (TPSA) is 163 Å². The van der Waals surface area contributed by atoms with E-state index in [0.29, 0.717) is 19.4 Å². The summed E-state index contributed by atoms with van der Waals surface area (Å²) in [6, 6.07) is 0. The number of carbonyl (C=O) groups excluding carboxylic acids is 1. The van der Waals surface area contributed by atoms with Crippen LogP contribution in [-0.4, -0.2) is 83.7 Å². The number of aliphatic carboxylic acids is 1. The number of rotatable bonds is 15. The number of hydrogen-bond donors (Lipinski definition) is 5. The number of carbonyl (C=O) groups is 2.